The fourth-order valence-electron chi connectivity index (χ4n) is 1.87. The van der Waals surface area contributed by atoms with Crippen molar-refractivity contribution >= 4 is 0 Å². The van der Waals surface area contributed by atoms with Gasteiger partial charge in [-0.15, -0.1) is 6.58 Å². The molecule has 0 aliphatic heterocycles. The molecule has 2 aromatic rings. The molecule has 0 saturated carbocycles. The molecule has 19 heavy (non-hydrogen) atoms. The fraction of sp³-hybridized carbons (Fsp3) is 0.263. The molecule has 0 nitrogen and oxygen atoms in total. The maximum atomic E-state index is 3.66. The van der Waals surface area contributed by atoms with Gasteiger partial charge < -0.3 is 0 Å². The Morgan fingerprint density at radius 2 is 1.32 bits per heavy atom. The predicted molar refractivity (Wildman–Crippen MR) is 85.3 cm³/mol. The Morgan fingerprint density at radius 3 is 1.74 bits per heavy atom. The smallest absolute Gasteiger partial charge is 0.0100 e. The van der Waals surface area contributed by atoms with Gasteiger partial charge in [0, 0.05) is 0 Å². The lowest BCUT2D eigenvalue weighted by atomic mass is 10.0. The van der Waals surface area contributed by atoms with E-state index in [-0.39, 0.29) is 0 Å². The summed E-state index contributed by atoms with van der Waals surface area (Å²) in [5.41, 5.74) is 2.77. The summed E-state index contributed by atoms with van der Waals surface area (Å²) >= 11 is 0. The summed E-state index contributed by atoms with van der Waals surface area (Å²) < 4.78 is 0. The summed E-state index contributed by atoms with van der Waals surface area (Å²) in [6.45, 7) is 8.14. The summed E-state index contributed by atoms with van der Waals surface area (Å²) in [4.78, 5) is 0. The van der Waals surface area contributed by atoms with Crippen molar-refractivity contribution in [3.63, 3.8) is 0 Å². The van der Waals surface area contributed by atoms with E-state index in [1.807, 2.05) is 24.3 Å². The molecule has 0 bridgehead atoms. The first-order chi connectivity index (χ1) is 9.22. The van der Waals surface area contributed by atoms with Crippen molar-refractivity contribution in [3.8, 4) is 0 Å². The Bertz CT molecular complexity index is 440. The third kappa shape index (κ3) is 7.25. The van der Waals surface area contributed by atoms with Gasteiger partial charge >= 0.3 is 0 Å². The Hall–Kier alpha value is -1.82. The summed E-state index contributed by atoms with van der Waals surface area (Å²) in [6, 6.07) is 20.9. The first-order valence-electron chi connectivity index (χ1n) is 6.91. The number of benzene rings is 2. The molecular formula is C19H24. The zero-order valence-corrected chi connectivity index (χ0v) is 12.0. The van der Waals surface area contributed by atoms with Crippen molar-refractivity contribution in [3.05, 3.63) is 84.4 Å². The lowest BCUT2D eigenvalue weighted by molar-refractivity contribution is 0.647. The van der Waals surface area contributed by atoms with Crippen LogP contribution in [0.25, 0.3) is 0 Å². The number of hydrogen-bond acceptors (Lipinski definition) is 0. The molecule has 0 aliphatic carbocycles. The van der Waals surface area contributed by atoms with Crippen LogP contribution < -0.4 is 0 Å². The van der Waals surface area contributed by atoms with Gasteiger partial charge in [-0.2, -0.15) is 0 Å². The molecular weight excluding hydrogens is 228 g/mol. The minimum atomic E-state index is 0.766. The normalized spacial score (nSPS) is 9.63. The summed E-state index contributed by atoms with van der Waals surface area (Å²) in [5, 5.41) is 0. The van der Waals surface area contributed by atoms with Crippen molar-refractivity contribution in [1.82, 2.24) is 0 Å². The van der Waals surface area contributed by atoms with Gasteiger partial charge in [0.1, 0.15) is 0 Å². The highest BCUT2D eigenvalue weighted by Gasteiger charge is 1.94. The number of hydrogen-bond donors (Lipinski definition) is 0. The highest BCUT2D eigenvalue weighted by Crippen LogP contribution is 2.06. The van der Waals surface area contributed by atoms with Gasteiger partial charge in [-0.1, -0.05) is 80.6 Å². The van der Waals surface area contributed by atoms with Crippen LogP contribution in [0.15, 0.2) is 73.3 Å². The standard InChI is InChI=1S/C10H14.C9H10/c1-9(2)8-10-6-4-3-5-7-10;1-2-6-9-7-4-3-5-8-9/h3-7,9H,8H2,1-2H3;2-5,7-8H,1,6H2. The lowest BCUT2D eigenvalue weighted by Gasteiger charge is -2.02. The van der Waals surface area contributed by atoms with Gasteiger partial charge in [-0.25, -0.2) is 0 Å². The van der Waals surface area contributed by atoms with Gasteiger partial charge in [0.25, 0.3) is 0 Å². The van der Waals surface area contributed by atoms with Crippen LogP contribution in [0.5, 0.6) is 0 Å². The molecule has 0 aromatic heterocycles. The van der Waals surface area contributed by atoms with Crippen LogP contribution in [0.2, 0.25) is 0 Å². The number of allylic oxidation sites excluding steroid dienone is 1. The monoisotopic (exact) mass is 252 g/mol. The highest BCUT2D eigenvalue weighted by molar-refractivity contribution is 5.16. The van der Waals surface area contributed by atoms with Crippen LogP contribution in [0.4, 0.5) is 0 Å². The van der Waals surface area contributed by atoms with Crippen LogP contribution in [0.3, 0.4) is 0 Å². The zero-order valence-electron chi connectivity index (χ0n) is 12.0. The molecule has 100 valence electrons. The van der Waals surface area contributed by atoms with E-state index in [1.54, 1.807) is 0 Å². The molecule has 0 fully saturated rings. The van der Waals surface area contributed by atoms with Crippen molar-refractivity contribution in [1.29, 1.82) is 0 Å². The minimum absolute atomic E-state index is 0.766. The van der Waals surface area contributed by atoms with Gasteiger partial charge in [-0.3, -0.25) is 0 Å². The Kier molecular flexibility index (Phi) is 7.34. The molecule has 0 spiro atoms. The van der Waals surface area contributed by atoms with Crippen LogP contribution >= 0.6 is 0 Å². The molecule has 0 aliphatic rings. The third-order valence-corrected chi connectivity index (χ3v) is 2.71. The second-order valence-electron chi connectivity index (χ2n) is 5.06. The van der Waals surface area contributed by atoms with E-state index in [0.29, 0.717) is 0 Å². The second-order valence-corrected chi connectivity index (χ2v) is 5.06. The van der Waals surface area contributed by atoms with Gasteiger partial charge in [-0.05, 0) is 29.9 Å². The van der Waals surface area contributed by atoms with Crippen LogP contribution in [-0.4, -0.2) is 0 Å². The van der Waals surface area contributed by atoms with Crippen molar-refractivity contribution in [2.24, 2.45) is 5.92 Å². The van der Waals surface area contributed by atoms with E-state index in [0.717, 1.165) is 12.3 Å². The minimum Gasteiger partial charge on any atom is -0.103 e. The van der Waals surface area contributed by atoms with Gasteiger partial charge in [0.05, 0.1) is 0 Å². The Morgan fingerprint density at radius 1 is 0.842 bits per heavy atom. The summed E-state index contributed by atoms with van der Waals surface area (Å²) in [7, 11) is 0. The Labute approximate surface area is 117 Å². The molecule has 0 N–H and O–H groups in total. The highest BCUT2D eigenvalue weighted by atomic mass is 14.0. The van der Waals surface area contributed by atoms with E-state index in [2.05, 4.69) is 62.9 Å². The SMILES string of the molecule is C=CCc1ccccc1.CC(C)Cc1ccccc1. The molecule has 0 heterocycles. The van der Waals surface area contributed by atoms with Crippen LogP contribution in [-0.2, 0) is 12.8 Å². The largest absolute Gasteiger partial charge is 0.103 e. The van der Waals surface area contributed by atoms with E-state index in [4.69, 9.17) is 0 Å². The summed E-state index contributed by atoms with van der Waals surface area (Å²) in [5.74, 6) is 0.766. The first kappa shape index (κ1) is 15.2. The second kappa shape index (κ2) is 9.16. The van der Waals surface area contributed by atoms with Gasteiger partial charge in [0.15, 0.2) is 0 Å². The van der Waals surface area contributed by atoms with Crippen LogP contribution in [0, 0.1) is 5.92 Å². The molecule has 0 unspecified atom stereocenters. The molecule has 0 heteroatoms. The lowest BCUT2D eigenvalue weighted by Crippen LogP contribution is -1.92. The van der Waals surface area contributed by atoms with E-state index in [1.165, 1.54) is 17.5 Å². The third-order valence-electron chi connectivity index (χ3n) is 2.71. The number of rotatable bonds is 4. The maximum absolute atomic E-state index is 3.66. The average molecular weight is 252 g/mol. The van der Waals surface area contributed by atoms with Crippen molar-refractivity contribution < 1.29 is 0 Å². The molecule has 0 amide bonds. The quantitative estimate of drug-likeness (QED) is 0.648. The zero-order chi connectivity index (χ0) is 13.9. The van der Waals surface area contributed by atoms with E-state index >= 15 is 0 Å². The van der Waals surface area contributed by atoms with E-state index < -0.39 is 0 Å². The summed E-state index contributed by atoms with van der Waals surface area (Å²) in [6.07, 6.45) is 4.08. The predicted octanol–water partition coefficient (Wildman–Crippen LogP) is 5.30. The van der Waals surface area contributed by atoms with Crippen molar-refractivity contribution in [2.45, 2.75) is 26.7 Å². The molecule has 2 aromatic carbocycles. The molecule has 2 rings (SSSR count). The maximum Gasteiger partial charge on any atom is -0.0100 e. The molecule has 0 atom stereocenters. The Balaban J connectivity index is 0.000000191. The van der Waals surface area contributed by atoms with Gasteiger partial charge in [0.2, 0.25) is 0 Å². The first-order valence-corrected chi connectivity index (χ1v) is 6.91. The molecule has 0 saturated heterocycles. The van der Waals surface area contributed by atoms with E-state index in [9.17, 15) is 0 Å². The average Bonchev–Trinajstić information content (AvgIpc) is 2.41. The molecule has 0 radical (unpaired) electrons. The van der Waals surface area contributed by atoms with Crippen molar-refractivity contribution in [2.75, 3.05) is 0 Å². The fourth-order valence-corrected chi connectivity index (χ4v) is 1.87. The topological polar surface area (TPSA) is 0 Å². The van der Waals surface area contributed by atoms with Crippen LogP contribution in [0.1, 0.15) is 25.0 Å².